The number of alkyl halides is 3. The van der Waals surface area contributed by atoms with Crippen molar-refractivity contribution >= 4 is 11.3 Å². The molecule has 12 heteroatoms. The summed E-state index contributed by atoms with van der Waals surface area (Å²) in [5, 5.41) is 3.83. The number of halogens is 5. The van der Waals surface area contributed by atoms with E-state index in [1.54, 1.807) is 12.1 Å². The smallest absolute Gasteiger partial charge is 0.327 e. The quantitative estimate of drug-likeness (QED) is 0.565. The molecule has 3 aromatic rings. The number of hydrogen-bond acceptors (Lipinski definition) is 5. The van der Waals surface area contributed by atoms with Crippen molar-refractivity contribution in [1.82, 2.24) is 19.3 Å². The van der Waals surface area contributed by atoms with E-state index in [1.165, 1.54) is 34.5 Å². The SMILES string of the molecule is NCC(Cn1ncn(CCc2ccc(-c3ccc(C(F)(F)F)nc3)s2)c1=O)=C(F)F. The van der Waals surface area contributed by atoms with Gasteiger partial charge in [-0.25, -0.2) is 9.48 Å². The highest BCUT2D eigenvalue weighted by Gasteiger charge is 2.32. The van der Waals surface area contributed by atoms with E-state index in [2.05, 4.69) is 10.1 Å². The van der Waals surface area contributed by atoms with Gasteiger partial charge in [-0.05, 0) is 30.7 Å². The maximum atomic E-state index is 12.7. The number of rotatable bonds is 7. The fourth-order valence-electron chi connectivity index (χ4n) is 2.62. The molecule has 0 atom stereocenters. The number of nitrogens with zero attached hydrogens (tertiary/aromatic N) is 4. The van der Waals surface area contributed by atoms with Gasteiger partial charge in [-0.3, -0.25) is 9.55 Å². The maximum absolute atomic E-state index is 12.7. The molecule has 0 radical (unpaired) electrons. The fraction of sp³-hybridized carbons (Fsp3) is 0.278. The summed E-state index contributed by atoms with van der Waals surface area (Å²) in [6, 6.07) is 5.85. The Morgan fingerprint density at radius 3 is 2.53 bits per heavy atom. The van der Waals surface area contributed by atoms with E-state index in [0.29, 0.717) is 12.0 Å². The Bertz CT molecular complexity index is 1090. The molecule has 2 N–H and O–H groups in total. The molecule has 3 aromatic heterocycles. The average Bonchev–Trinajstić information content (AvgIpc) is 3.30. The normalized spacial score (nSPS) is 11.7. The van der Waals surface area contributed by atoms with E-state index in [1.807, 2.05) is 0 Å². The van der Waals surface area contributed by atoms with Gasteiger partial charge in [-0.2, -0.15) is 27.1 Å². The van der Waals surface area contributed by atoms with Gasteiger partial charge < -0.3 is 5.73 Å². The lowest BCUT2D eigenvalue weighted by atomic mass is 10.2. The summed E-state index contributed by atoms with van der Waals surface area (Å²) >= 11 is 1.36. The Kier molecular flexibility index (Phi) is 6.46. The summed E-state index contributed by atoms with van der Waals surface area (Å²) in [7, 11) is 0. The molecule has 0 aliphatic carbocycles. The van der Waals surface area contributed by atoms with E-state index < -0.39 is 23.6 Å². The van der Waals surface area contributed by atoms with Gasteiger partial charge in [0.05, 0.1) is 6.54 Å². The van der Waals surface area contributed by atoms with Gasteiger partial charge in [0, 0.05) is 40.2 Å². The molecule has 160 valence electrons. The first-order valence-electron chi connectivity index (χ1n) is 8.66. The third-order valence-electron chi connectivity index (χ3n) is 4.25. The molecule has 0 spiro atoms. The lowest BCUT2D eigenvalue weighted by Crippen LogP contribution is -2.27. The van der Waals surface area contributed by atoms with Crippen LogP contribution in [0, 0.1) is 0 Å². The van der Waals surface area contributed by atoms with Crippen LogP contribution >= 0.6 is 11.3 Å². The van der Waals surface area contributed by atoms with Crippen LogP contribution in [0.2, 0.25) is 0 Å². The van der Waals surface area contributed by atoms with Crippen LogP contribution in [0.1, 0.15) is 10.6 Å². The zero-order chi connectivity index (χ0) is 21.9. The molecular weight excluding hydrogens is 429 g/mol. The fourth-order valence-corrected chi connectivity index (χ4v) is 3.61. The molecule has 0 bridgehead atoms. The van der Waals surface area contributed by atoms with Crippen LogP contribution in [-0.2, 0) is 25.7 Å². The molecule has 0 aliphatic heterocycles. The highest BCUT2D eigenvalue weighted by atomic mass is 32.1. The lowest BCUT2D eigenvalue weighted by Gasteiger charge is -2.05. The first-order valence-corrected chi connectivity index (χ1v) is 9.48. The summed E-state index contributed by atoms with van der Waals surface area (Å²) in [6.45, 7) is -0.489. The minimum absolute atomic E-state index is 0.268. The minimum Gasteiger partial charge on any atom is -0.327 e. The largest absolute Gasteiger partial charge is 0.433 e. The van der Waals surface area contributed by atoms with Gasteiger partial charge in [0.2, 0.25) is 0 Å². The Morgan fingerprint density at radius 1 is 1.17 bits per heavy atom. The first-order chi connectivity index (χ1) is 14.2. The predicted octanol–water partition coefficient (Wildman–Crippen LogP) is 3.54. The highest BCUT2D eigenvalue weighted by molar-refractivity contribution is 7.15. The zero-order valence-corrected chi connectivity index (χ0v) is 16.2. The van der Waals surface area contributed by atoms with Crippen LogP contribution in [0.25, 0.3) is 10.4 Å². The molecule has 3 heterocycles. The molecular formula is C18H16F5N5OS. The Labute approximate surface area is 171 Å². The van der Waals surface area contributed by atoms with Gasteiger partial charge in [0.1, 0.15) is 12.0 Å². The number of aromatic nitrogens is 4. The number of aryl methyl sites for hydroxylation is 2. The molecule has 0 aliphatic rings. The molecule has 0 fully saturated rings. The Hall–Kier alpha value is -2.86. The second-order valence-electron chi connectivity index (χ2n) is 6.28. The summed E-state index contributed by atoms with van der Waals surface area (Å²) in [5.41, 5.74) is 3.94. The summed E-state index contributed by atoms with van der Waals surface area (Å²) in [6.07, 6.45) is -3.53. The van der Waals surface area contributed by atoms with Crippen molar-refractivity contribution in [1.29, 1.82) is 0 Å². The topological polar surface area (TPSA) is 78.7 Å². The second kappa shape index (κ2) is 8.88. The Balaban J connectivity index is 1.66. The minimum atomic E-state index is -4.49. The summed E-state index contributed by atoms with van der Waals surface area (Å²) in [5.74, 6) is 0. The van der Waals surface area contributed by atoms with Crippen molar-refractivity contribution in [2.75, 3.05) is 6.54 Å². The van der Waals surface area contributed by atoms with Crippen molar-refractivity contribution < 1.29 is 22.0 Å². The van der Waals surface area contributed by atoms with Crippen LogP contribution in [0.15, 0.2) is 53.2 Å². The molecule has 30 heavy (non-hydrogen) atoms. The molecule has 0 aromatic carbocycles. The Morgan fingerprint density at radius 2 is 1.93 bits per heavy atom. The maximum Gasteiger partial charge on any atom is 0.433 e. The van der Waals surface area contributed by atoms with Crippen molar-refractivity contribution in [2.45, 2.75) is 25.7 Å². The van der Waals surface area contributed by atoms with E-state index in [0.717, 1.165) is 20.5 Å². The third kappa shape index (κ3) is 5.00. The van der Waals surface area contributed by atoms with Gasteiger partial charge >= 0.3 is 11.9 Å². The molecule has 0 saturated heterocycles. The molecule has 3 rings (SSSR count). The van der Waals surface area contributed by atoms with Crippen LogP contribution < -0.4 is 11.4 Å². The summed E-state index contributed by atoms with van der Waals surface area (Å²) in [4.78, 5) is 17.3. The van der Waals surface area contributed by atoms with Crippen LogP contribution in [0.5, 0.6) is 0 Å². The number of hydrogen-bond donors (Lipinski definition) is 1. The third-order valence-corrected chi connectivity index (χ3v) is 5.44. The van der Waals surface area contributed by atoms with Crippen molar-refractivity contribution in [2.24, 2.45) is 5.73 Å². The molecule has 0 saturated carbocycles. The van der Waals surface area contributed by atoms with Gasteiger partial charge in [-0.15, -0.1) is 11.3 Å². The van der Waals surface area contributed by atoms with Crippen molar-refractivity contribution in [3.05, 3.63) is 69.5 Å². The van der Waals surface area contributed by atoms with Crippen LogP contribution in [0.3, 0.4) is 0 Å². The van der Waals surface area contributed by atoms with Gasteiger partial charge in [0.15, 0.2) is 0 Å². The van der Waals surface area contributed by atoms with E-state index in [-0.39, 0.29) is 25.2 Å². The standard InChI is InChI=1S/C18H16F5N5OS/c19-16(20)12(7-24)9-28-17(29)27(10-26-28)6-5-13-2-3-14(30-13)11-1-4-15(25-8-11)18(21,22)23/h1-4,8,10H,5-7,9,24H2. The lowest BCUT2D eigenvalue weighted by molar-refractivity contribution is -0.141. The van der Waals surface area contributed by atoms with E-state index in [9.17, 15) is 26.7 Å². The number of pyridine rings is 1. The van der Waals surface area contributed by atoms with Gasteiger partial charge in [-0.1, -0.05) is 0 Å². The highest BCUT2D eigenvalue weighted by Crippen LogP contribution is 2.31. The number of nitrogens with two attached hydrogens (primary N) is 1. The van der Waals surface area contributed by atoms with Crippen molar-refractivity contribution in [3.63, 3.8) is 0 Å². The monoisotopic (exact) mass is 445 g/mol. The first kappa shape index (κ1) is 21.8. The van der Waals surface area contributed by atoms with Crippen molar-refractivity contribution in [3.8, 4) is 10.4 Å². The predicted molar refractivity (Wildman–Crippen MR) is 101 cm³/mol. The average molecular weight is 445 g/mol. The van der Waals surface area contributed by atoms with Crippen LogP contribution in [-0.4, -0.2) is 25.9 Å². The van der Waals surface area contributed by atoms with Gasteiger partial charge in [0.25, 0.3) is 6.08 Å². The van der Waals surface area contributed by atoms with Crippen LogP contribution in [0.4, 0.5) is 22.0 Å². The second-order valence-corrected chi connectivity index (χ2v) is 7.45. The number of thiophene rings is 1. The van der Waals surface area contributed by atoms with E-state index in [4.69, 9.17) is 5.73 Å². The molecule has 0 amide bonds. The molecule has 0 unspecified atom stereocenters. The molecule has 6 nitrogen and oxygen atoms in total. The zero-order valence-electron chi connectivity index (χ0n) is 15.4. The van der Waals surface area contributed by atoms with E-state index >= 15 is 0 Å². The summed E-state index contributed by atoms with van der Waals surface area (Å²) < 4.78 is 65.5.